The number of anilines is 3. The van der Waals surface area contributed by atoms with Crippen molar-refractivity contribution in [2.75, 3.05) is 4.90 Å². The van der Waals surface area contributed by atoms with Crippen LogP contribution < -0.4 is 4.90 Å². The lowest BCUT2D eigenvalue weighted by molar-refractivity contribution is 1.28. The fourth-order valence-electron chi connectivity index (χ4n) is 8.27. The smallest absolute Gasteiger partial charge is 0.0546 e. The summed E-state index contributed by atoms with van der Waals surface area (Å²) in [5.41, 5.74) is 15.0. The molecule has 1 nitrogen and oxygen atoms in total. The second kappa shape index (κ2) is 15.0. The van der Waals surface area contributed by atoms with Crippen molar-refractivity contribution >= 4 is 38.6 Å². The molecule has 0 N–H and O–H groups in total. The third kappa shape index (κ3) is 6.66. The van der Waals surface area contributed by atoms with Crippen molar-refractivity contribution in [3.05, 3.63) is 237 Å². The summed E-state index contributed by atoms with van der Waals surface area (Å²) >= 11 is 0. The number of fused-ring (bicyclic) bond motifs is 2. The molecule has 0 aliphatic carbocycles. The minimum atomic E-state index is 1.08. The Balaban J connectivity index is 1.31. The van der Waals surface area contributed by atoms with Crippen molar-refractivity contribution in [1.82, 2.24) is 0 Å². The van der Waals surface area contributed by atoms with Gasteiger partial charge < -0.3 is 4.90 Å². The van der Waals surface area contributed by atoms with Gasteiger partial charge in [-0.1, -0.05) is 194 Å². The minimum absolute atomic E-state index is 1.08. The van der Waals surface area contributed by atoms with Crippen LogP contribution >= 0.6 is 0 Å². The molecular formula is C56H39N. The molecule has 0 saturated heterocycles. The monoisotopic (exact) mass is 725 g/mol. The zero-order valence-corrected chi connectivity index (χ0v) is 31.5. The number of nitrogens with zero attached hydrogens (tertiary/aromatic N) is 1. The summed E-state index contributed by atoms with van der Waals surface area (Å²) in [7, 11) is 0. The molecule has 0 atom stereocenters. The first-order valence-electron chi connectivity index (χ1n) is 19.6. The first-order chi connectivity index (χ1) is 28.3. The van der Waals surface area contributed by atoms with Crippen LogP contribution in [0.1, 0.15) is 0 Å². The van der Waals surface area contributed by atoms with Crippen LogP contribution in [0.2, 0.25) is 0 Å². The third-order valence-corrected chi connectivity index (χ3v) is 11.0. The van der Waals surface area contributed by atoms with Crippen LogP contribution in [-0.2, 0) is 0 Å². The molecule has 268 valence electrons. The van der Waals surface area contributed by atoms with Gasteiger partial charge in [-0.15, -0.1) is 0 Å². The predicted octanol–water partition coefficient (Wildman–Crippen LogP) is 15.8. The summed E-state index contributed by atoms with van der Waals surface area (Å²) in [4.78, 5) is 2.48. The summed E-state index contributed by atoms with van der Waals surface area (Å²) in [5, 5.41) is 4.88. The molecule has 10 rings (SSSR count). The van der Waals surface area contributed by atoms with Crippen molar-refractivity contribution in [2.45, 2.75) is 0 Å². The zero-order chi connectivity index (χ0) is 38.0. The molecule has 57 heavy (non-hydrogen) atoms. The van der Waals surface area contributed by atoms with Gasteiger partial charge in [-0.25, -0.2) is 0 Å². The van der Waals surface area contributed by atoms with E-state index in [-0.39, 0.29) is 0 Å². The fraction of sp³-hybridized carbons (Fsp3) is 0. The van der Waals surface area contributed by atoms with Gasteiger partial charge in [0.2, 0.25) is 0 Å². The maximum Gasteiger partial charge on any atom is 0.0546 e. The predicted molar refractivity (Wildman–Crippen MR) is 243 cm³/mol. The van der Waals surface area contributed by atoms with Gasteiger partial charge in [0.05, 0.1) is 5.69 Å². The van der Waals surface area contributed by atoms with Crippen molar-refractivity contribution < 1.29 is 0 Å². The first kappa shape index (κ1) is 34.0. The van der Waals surface area contributed by atoms with E-state index in [4.69, 9.17) is 0 Å². The van der Waals surface area contributed by atoms with Crippen LogP contribution in [0.5, 0.6) is 0 Å². The van der Waals surface area contributed by atoms with Gasteiger partial charge >= 0.3 is 0 Å². The maximum absolute atomic E-state index is 2.48. The van der Waals surface area contributed by atoms with Gasteiger partial charge in [-0.2, -0.15) is 0 Å². The Labute approximate surface area is 334 Å². The Bertz CT molecular complexity index is 2940. The summed E-state index contributed by atoms with van der Waals surface area (Å²) in [5.74, 6) is 0. The molecule has 0 spiro atoms. The number of hydrogen-bond acceptors (Lipinski definition) is 1. The van der Waals surface area contributed by atoms with Crippen molar-refractivity contribution in [3.63, 3.8) is 0 Å². The molecule has 0 saturated carbocycles. The molecule has 0 aliphatic heterocycles. The molecule has 1 heteroatoms. The SMILES string of the molecule is c1ccc(-c2cccc(N(c3cc(-c4ccccc4)cc(-c4ccccc4)c3)c3cccc(-c4ccc5ccccc5c4)c3-c3cccc4ccccc34)c2)cc1. The molecule has 0 bridgehead atoms. The standard InChI is InChI=1S/C56H39N/c1-4-17-40(18-5-1)46-27-14-28-50(37-46)57(51-38-48(41-19-6-2-7-20-41)36-49(39-51)42-21-8-3-9-22-42)55-32-16-30-53(47-34-33-43-23-10-11-25-45(43)35-47)56(55)54-31-15-26-44-24-12-13-29-52(44)54/h1-39H. The van der Waals surface area contributed by atoms with Gasteiger partial charge in [-0.3, -0.25) is 0 Å². The van der Waals surface area contributed by atoms with E-state index in [1.807, 2.05) is 0 Å². The fourth-order valence-corrected chi connectivity index (χ4v) is 8.27. The van der Waals surface area contributed by atoms with Crippen LogP contribution in [0.3, 0.4) is 0 Å². The van der Waals surface area contributed by atoms with Gasteiger partial charge in [0.25, 0.3) is 0 Å². The summed E-state index contributed by atoms with van der Waals surface area (Å²) in [6, 6.07) is 86.0. The van der Waals surface area contributed by atoms with E-state index >= 15 is 0 Å². The van der Waals surface area contributed by atoms with Gasteiger partial charge in [0, 0.05) is 16.9 Å². The Hall–Kier alpha value is -7.48. The van der Waals surface area contributed by atoms with Gasteiger partial charge in [0.1, 0.15) is 0 Å². The van der Waals surface area contributed by atoms with E-state index in [9.17, 15) is 0 Å². The molecular weight excluding hydrogens is 687 g/mol. The molecule has 10 aromatic carbocycles. The minimum Gasteiger partial charge on any atom is -0.310 e. The van der Waals surface area contributed by atoms with Crippen molar-refractivity contribution in [3.8, 4) is 55.6 Å². The Morgan fingerprint density at radius 3 is 1.46 bits per heavy atom. The highest BCUT2D eigenvalue weighted by atomic mass is 15.1. The molecule has 0 radical (unpaired) electrons. The lowest BCUT2D eigenvalue weighted by Crippen LogP contribution is -2.12. The molecule has 10 aromatic rings. The summed E-state index contributed by atoms with van der Waals surface area (Å²) in [6.07, 6.45) is 0. The molecule has 0 unspecified atom stereocenters. The highest BCUT2D eigenvalue weighted by Crippen LogP contribution is 2.49. The van der Waals surface area contributed by atoms with Crippen molar-refractivity contribution in [1.29, 1.82) is 0 Å². The number of rotatable bonds is 8. The van der Waals surface area contributed by atoms with E-state index in [1.165, 1.54) is 60.5 Å². The zero-order valence-electron chi connectivity index (χ0n) is 31.5. The topological polar surface area (TPSA) is 3.24 Å². The second-order valence-corrected chi connectivity index (χ2v) is 14.5. The number of benzene rings is 10. The van der Waals surface area contributed by atoms with Crippen LogP contribution in [-0.4, -0.2) is 0 Å². The molecule has 0 fully saturated rings. The van der Waals surface area contributed by atoms with Gasteiger partial charge in [0.15, 0.2) is 0 Å². The van der Waals surface area contributed by atoms with E-state index < -0.39 is 0 Å². The Morgan fingerprint density at radius 1 is 0.246 bits per heavy atom. The van der Waals surface area contributed by atoms with Crippen LogP contribution in [0.25, 0.3) is 77.2 Å². The van der Waals surface area contributed by atoms with Crippen LogP contribution in [0.4, 0.5) is 17.1 Å². The van der Waals surface area contributed by atoms with Gasteiger partial charge in [-0.05, 0) is 114 Å². The average Bonchev–Trinajstić information content (AvgIpc) is 3.29. The third-order valence-electron chi connectivity index (χ3n) is 11.0. The molecule has 0 aliphatic rings. The second-order valence-electron chi connectivity index (χ2n) is 14.5. The van der Waals surface area contributed by atoms with E-state index in [2.05, 4.69) is 241 Å². The van der Waals surface area contributed by atoms with Crippen LogP contribution in [0, 0.1) is 0 Å². The maximum atomic E-state index is 2.48. The van der Waals surface area contributed by atoms with E-state index in [1.54, 1.807) is 0 Å². The lowest BCUT2D eigenvalue weighted by Gasteiger charge is -2.31. The number of hydrogen-bond donors (Lipinski definition) is 0. The van der Waals surface area contributed by atoms with Crippen LogP contribution in [0.15, 0.2) is 237 Å². The Kier molecular flexibility index (Phi) is 8.95. The molecule has 0 amide bonds. The first-order valence-corrected chi connectivity index (χ1v) is 19.6. The molecule has 0 aromatic heterocycles. The Morgan fingerprint density at radius 2 is 0.754 bits per heavy atom. The van der Waals surface area contributed by atoms with E-state index in [0.717, 1.165) is 33.8 Å². The summed E-state index contributed by atoms with van der Waals surface area (Å²) in [6.45, 7) is 0. The lowest BCUT2D eigenvalue weighted by atomic mass is 9.88. The summed E-state index contributed by atoms with van der Waals surface area (Å²) < 4.78 is 0. The quantitative estimate of drug-likeness (QED) is 0.151. The van der Waals surface area contributed by atoms with E-state index in [0.29, 0.717) is 0 Å². The molecule has 0 heterocycles. The average molecular weight is 726 g/mol. The largest absolute Gasteiger partial charge is 0.310 e. The van der Waals surface area contributed by atoms with Crippen molar-refractivity contribution in [2.24, 2.45) is 0 Å². The normalized spacial score (nSPS) is 11.2. The highest BCUT2D eigenvalue weighted by molar-refractivity contribution is 6.07. The highest BCUT2D eigenvalue weighted by Gasteiger charge is 2.23.